The molecule has 2 heteroatoms. The number of hydrogen-bond donors (Lipinski definition) is 0. The molecule has 0 bridgehead atoms. The van der Waals surface area contributed by atoms with Crippen LogP contribution in [0.1, 0.15) is 50.3 Å². The van der Waals surface area contributed by atoms with E-state index in [1.165, 1.54) is 16.7 Å². The molecule has 1 rings (SSSR count). The maximum atomic E-state index is 5.55. The lowest BCUT2D eigenvalue weighted by Gasteiger charge is -2.18. The second-order valence-electron chi connectivity index (χ2n) is 4.18. The molecule has 15 heavy (non-hydrogen) atoms. The summed E-state index contributed by atoms with van der Waals surface area (Å²) in [6.07, 6.45) is 2.18. The third kappa shape index (κ3) is 2.43. The SMILES string of the molecule is CCc1c(O[SiH3])ccc(C(C)C)c1CC. The van der Waals surface area contributed by atoms with Crippen molar-refractivity contribution < 1.29 is 4.43 Å². The van der Waals surface area contributed by atoms with Crippen molar-refractivity contribution in [1.82, 2.24) is 0 Å². The van der Waals surface area contributed by atoms with Gasteiger partial charge in [-0.15, -0.1) is 0 Å². The maximum Gasteiger partial charge on any atom is 0.204 e. The second-order valence-corrected chi connectivity index (χ2v) is 4.58. The van der Waals surface area contributed by atoms with Gasteiger partial charge >= 0.3 is 0 Å². The first-order valence-corrected chi connectivity index (χ1v) is 6.65. The Morgan fingerprint density at radius 1 is 1.13 bits per heavy atom. The molecule has 0 saturated carbocycles. The summed E-state index contributed by atoms with van der Waals surface area (Å²) in [5.74, 6) is 1.71. The van der Waals surface area contributed by atoms with Gasteiger partial charge in [-0.05, 0) is 41.5 Å². The average Bonchev–Trinajstić information content (AvgIpc) is 2.26. The third-order valence-corrected chi connectivity index (χ3v) is 3.41. The summed E-state index contributed by atoms with van der Waals surface area (Å²) in [7, 11) is 0.774. The minimum atomic E-state index is 0.605. The Hall–Kier alpha value is -0.763. The molecule has 0 saturated heterocycles. The van der Waals surface area contributed by atoms with Gasteiger partial charge in [0.15, 0.2) is 0 Å². The van der Waals surface area contributed by atoms with E-state index >= 15 is 0 Å². The molecule has 0 aromatic heterocycles. The largest absolute Gasteiger partial charge is 0.553 e. The average molecular weight is 222 g/mol. The minimum absolute atomic E-state index is 0.605. The molecule has 0 atom stereocenters. The highest BCUT2D eigenvalue weighted by atomic mass is 28.2. The van der Waals surface area contributed by atoms with E-state index < -0.39 is 0 Å². The number of benzene rings is 1. The van der Waals surface area contributed by atoms with Crippen LogP contribution in [0.4, 0.5) is 0 Å². The van der Waals surface area contributed by atoms with Crippen molar-refractivity contribution >= 4 is 10.5 Å². The topological polar surface area (TPSA) is 9.23 Å². The summed E-state index contributed by atoms with van der Waals surface area (Å²) in [5, 5.41) is 0. The fourth-order valence-corrected chi connectivity index (χ4v) is 2.61. The van der Waals surface area contributed by atoms with Crippen molar-refractivity contribution in [3.8, 4) is 5.75 Å². The van der Waals surface area contributed by atoms with Crippen LogP contribution in [0.5, 0.6) is 5.75 Å². The van der Waals surface area contributed by atoms with E-state index in [9.17, 15) is 0 Å². The standard InChI is InChI=1S/C13H22OSi/c1-5-10-11(6-2)13(14-15)8-7-12(10)9(3)4/h7-9H,5-6H2,1-4,15H3. The van der Waals surface area contributed by atoms with E-state index in [-0.39, 0.29) is 0 Å². The predicted octanol–water partition coefficient (Wildman–Crippen LogP) is 2.59. The lowest BCUT2D eigenvalue weighted by atomic mass is 9.90. The van der Waals surface area contributed by atoms with Crippen molar-refractivity contribution in [3.05, 3.63) is 28.8 Å². The van der Waals surface area contributed by atoms with Crippen LogP contribution in [0.2, 0.25) is 0 Å². The van der Waals surface area contributed by atoms with Gasteiger partial charge in [-0.2, -0.15) is 0 Å². The summed E-state index contributed by atoms with van der Waals surface area (Å²) in [4.78, 5) is 0. The Bertz CT molecular complexity index is 332. The molecule has 0 radical (unpaired) electrons. The molecule has 0 N–H and O–H groups in total. The third-order valence-electron chi connectivity index (χ3n) is 2.97. The van der Waals surface area contributed by atoms with Gasteiger partial charge < -0.3 is 4.43 Å². The van der Waals surface area contributed by atoms with Crippen LogP contribution in [0.25, 0.3) is 0 Å². The summed E-state index contributed by atoms with van der Waals surface area (Å²) < 4.78 is 5.55. The molecule has 0 heterocycles. The van der Waals surface area contributed by atoms with Gasteiger partial charge in [-0.25, -0.2) is 0 Å². The molecule has 0 aliphatic rings. The zero-order valence-electron chi connectivity index (χ0n) is 10.6. The quantitative estimate of drug-likeness (QED) is 0.712. The molecule has 1 aromatic carbocycles. The maximum absolute atomic E-state index is 5.55. The Balaban J connectivity index is 3.34. The molecule has 0 fully saturated rings. The van der Waals surface area contributed by atoms with E-state index in [1.807, 2.05) is 0 Å². The molecular weight excluding hydrogens is 200 g/mol. The fourth-order valence-electron chi connectivity index (χ4n) is 2.23. The summed E-state index contributed by atoms with van der Waals surface area (Å²) >= 11 is 0. The second kappa shape index (κ2) is 5.36. The minimum Gasteiger partial charge on any atom is -0.553 e. The van der Waals surface area contributed by atoms with Gasteiger partial charge in [0.1, 0.15) is 5.75 Å². The van der Waals surface area contributed by atoms with Crippen LogP contribution in [-0.2, 0) is 12.8 Å². The van der Waals surface area contributed by atoms with Crippen LogP contribution in [0.3, 0.4) is 0 Å². The Labute approximate surface area is 96.4 Å². The zero-order chi connectivity index (χ0) is 11.4. The molecule has 0 unspecified atom stereocenters. The first kappa shape index (κ1) is 12.3. The van der Waals surface area contributed by atoms with Crippen molar-refractivity contribution in [3.63, 3.8) is 0 Å². The molecule has 1 nitrogen and oxygen atoms in total. The van der Waals surface area contributed by atoms with Crippen LogP contribution < -0.4 is 4.43 Å². The normalized spacial score (nSPS) is 11.0. The van der Waals surface area contributed by atoms with Crippen molar-refractivity contribution in [2.24, 2.45) is 0 Å². The summed E-state index contributed by atoms with van der Waals surface area (Å²) in [6.45, 7) is 8.96. The first-order chi connectivity index (χ1) is 7.15. The van der Waals surface area contributed by atoms with Gasteiger partial charge in [0.2, 0.25) is 10.5 Å². The highest BCUT2D eigenvalue weighted by Crippen LogP contribution is 2.30. The van der Waals surface area contributed by atoms with Crippen molar-refractivity contribution in [2.75, 3.05) is 0 Å². The molecule has 1 aromatic rings. The smallest absolute Gasteiger partial charge is 0.204 e. The highest BCUT2D eigenvalue weighted by Gasteiger charge is 2.12. The van der Waals surface area contributed by atoms with Crippen LogP contribution in [0, 0.1) is 0 Å². The van der Waals surface area contributed by atoms with Crippen LogP contribution >= 0.6 is 0 Å². The van der Waals surface area contributed by atoms with Crippen molar-refractivity contribution in [1.29, 1.82) is 0 Å². The Morgan fingerprint density at radius 2 is 1.73 bits per heavy atom. The summed E-state index contributed by atoms with van der Waals surface area (Å²) in [6, 6.07) is 4.37. The van der Waals surface area contributed by atoms with E-state index in [1.54, 1.807) is 0 Å². The van der Waals surface area contributed by atoms with Crippen LogP contribution in [-0.4, -0.2) is 10.5 Å². The van der Waals surface area contributed by atoms with Gasteiger partial charge in [-0.3, -0.25) is 0 Å². The van der Waals surface area contributed by atoms with Gasteiger partial charge in [0.25, 0.3) is 0 Å². The molecular formula is C13H22OSi. The predicted molar refractivity (Wildman–Crippen MR) is 69.9 cm³/mol. The lowest BCUT2D eigenvalue weighted by molar-refractivity contribution is 0.602. The fraction of sp³-hybridized carbons (Fsp3) is 0.538. The van der Waals surface area contributed by atoms with E-state index in [0.29, 0.717) is 5.92 Å². The zero-order valence-corrected chi connectivity index (χ0v) is 12.6. The number of rotatable bonds is 4. The molecule has 0 spiro atoms. The molecule has 0 amide bonds. The lowest BCUT2D eigenvalue weighted by Crippen LogP contribution is -2.03. The molecule has 84 valence electrons. The summed E-state index contributed by atoms with van der Waals surface area (Å²) in [5.41, 5.74) is 4.40. The van der Waals surface area contributed by atoms with E-state index in [4.69, 9.17) is 4.43 Å². The Morgan fingerprint density at radius 3 is 2.13 bits per heavy atom. The van der Waals surface area contributed by atoms with Gasteiger partial charge in [-0.1, -0.05) is 33.8 Å². The van der Waals surface area contributed by atoms with Gasteiger partial charge in [0.05, 0.1) is 0 Å². The van der Waals surface area contributed by atoms with Gasteiger partial charge in [0, 0.05) is 0 Å². The number of hydrogen-bond acceptors (Lipinski definition) is 1. The molecule has 0 aliphatic carbocycles. The van der Waals surface area contributed by atoms with Crippen molar-refractivity contribution in [2.45, 2.75) is 46.5 Å². The molecule has 0 aliphatic heterocycles. The highest BCUT2D eigenvalue weighted by molar-refractivity contribution is 6.00. The van der Waals surface area contributed by atoms with E-state index in [0.717, 1.165) is 29.1 Å². The van der Waals surface area contributed by atoms with E-state index in [2.05, 4.69) is 39.8 Å². The Kier molecular flexibility index (Phi) is 4.39. The van der Waals surface area contributed by atoms with Crippen LogP contribution in [0.15, 0.2) is 12.1 Å². The monoisotopic (exact) mass is 222 g/mol. The first-order valence-electron chi connectivity index (χ1n) is 5.84.